The number of H-pyrrole nitrogens is 1. The van der Waals surface area contributed by atoms with E-state index >= 15 is 0 Å². The number of amides is 2. The van der Waals surface area contributed by atoms with Crippen molar-refractivity contribution >= 4 is 22.7 Å². The molecule has 6 heteroatoms. The number of fused-ring (bicyclic) bond motifs is 2. The second-order valence-corrected chi connectivity index (χ2v) is 11.6. The number of benzene rings is 2. The molecule has 5 rings (SSSR count). The molecule has 2 amide bonds. The number of nitrogens with zero attached hydrogens (tertiary/aromatic N) is 1. The van der Waals surface area contributed by atoms with Gasteiger partial charge in [0.15, 0.2) is 0 Å². The summed E-state index contributed by atoms with van der Waals surface area (Å²) in [6.45, 7) is 6.06. The maximum atomic E-state index is 13.9. The number of likely N-dealkylation sites (tertiary alicyclic amines) is 1. The van der Waals surface area contributed by atoms with Crippen LogP contribution >= 0.6 is 0 Å². The molecule has 1 atom stereocenters. The fourth-order valence-electron chi connectivity index (χ4n) is 6.17. The number of piperidine rings is 1. The molecule has 3 aromatic rings. The maximum absolute atomic E-state index is 13.9. The van der Waals surface area contributed by atoms with Crippen LogP contribution in [-0.2, 0) is 11.2 Å². The smallest absolute Gasteiger partial charge is 0.253 e. The summed E-state index contributed by atoms with van der Waals surface area (Å²) >= 11 is 0. The van der Waals surface area contributed by atoms with Crippen LogP contribution in [0.25, 0.3) is 10.9 Å². The molecule has 3 heterocycles. The van der Waals surface area contributed by atoms with Crippen molar-refractivity contribution in [3.63, 3.8) is 0 Å². The van der Waals surface area contributed by atoms with Gasteiger partial charge in [0.05, 0.1) is 11.5 Å². The minimum Gasteiger partial charge on any atom is -0.491 e. The number of carbonyl (C=O) groups is 2. The molecule has 2 aliphatic rings. The van der Waals surface area contributed by atoms with Crippen LogP contribution in [0, 0.1) is 11.3 Å². The molecular weight excluding hydrogens is 474 g/mol. The summed E-state index contributed by atoms with van der Waals surface area (Å²) in [5, 5.41) is 4.44. The van der Waals surface area contributed by atoms with E-state index in [9.17, 15) is 9.59 Å². The molecule has 1 saturated heterocycles. The van der Waals surface area contributed by atoms with E-state index in [1.54, 1.807) is 0 Å². The van der Waals surface area contributed by atoms with Crippen LogP contribution in [0.2, 0.25) is 0 Å². The Kier molecular flexibility index (Phi) is 8.06. The van der Waals surface area contributed by atoms with E-state index in [0.717, 1.165) is 55.2 Å². The van der Waals surface area contributed by atoms with E-state index in [0.29, 0.717) is 44.0 Å². The summed E-state index contributed by atoms with van der Waals surface area (Å²) in [6.07, 6.45) is 9.21. The molecule has 1 spiro atoms. The first-order valence-electron chi connectivity index (χ1n) is 14.3. The lowest BCUT2D eigenvalue weighted by atomic mass is 9.73. The highest BCUT2D eigenvalue weighted by Gasteiger charge is 2.42. The number of aromatic nitrogens is 1. The van der Waals surface area contributed by atoms with Crippen molar-refractivity contribution in [3.05, 3.63) is 65.9 Å². The van der Waals surface area contributed by atoms with Crippen LogP contribution in [0.4, 0.5) is 0 Å². The van der Waals surface area contributed by atoms with E-state index in [1.807, 2.05) is 47.5 Å². The van der Waals surface area contributed by atoms with E-state index in [2.05, 4.69) is 36.3 Å². The molecule has 2 aromatic carbocycles. The number of aryl methyl sites for hydroxylation is 1. The van der Waals surface area contributed by atoms with Crippen molar-refractivity contribution in [2.24, 2.45) is 11.3 Å². The minimum absolute atomic E-state index is 0.0408. The molecule has 1 fully saturated rings. The second-order valence-electron chi connectivity index (χ2n) is 11.6. The normalized spacial score (nSPS) is 20.7. The Bertz CT molecular complexity index is 1260. The molecule has 38 heavy (non-hydrogen) atoms. The molecule has 2 aliphatic heterocycles. The zero-order valence-corrected chi connectivity index (χ0v) is 22.8. The van der Waals surface area contributed by atoms with Gasteiger partial charge in [-0.2, -0.15) is 0 Å². The van der Waals surface area contributed by atoms with Crippen LogP contribution in [0.15, 0.2) is 54.7 Å². The number of rotatable bonds is 3. The Morgan fingerprint density at radius 3 is 2.68 bits per heavy atom. The van der Waals surface area contributed by atoms with Crippen LogP contribution in [0.1, 0.15) is 74.7 Å². The third kappa shape index (κ3) is 5.90. The fraction of sp³-hybridized carbons (Fsp3) is 0.500. The predicted octanol–water partition coefficient (Wildman–Crippen LogP) is 6.12. The van der Waals surface area contributed by atoms with Crippen molar-refractivity contribution in [1.29, 1.82) is 0 Å². The first-order chi connectivity index (χ1) is 18.4. The molecule has 0 radical (unpaired) electrons. The molecule has 2 N–H and O–H groups in total. The topological polar surface area (TPSA) is 74.4 Å². The van der Waals surface area contributed by atoms with Gasteiger partial charge in [-0.05, 0) is 80.3 Å². The Balaban J connectivity index is 1.30. The van der Waals surface area contributed by atoms with Crippen LogP contribution in [0.5, 0.6) is 5.75 Å². The van der Waals surface area contributed by atoms with E-state index in [1.165, 1.54) is 5.56 Å². The minimum atomic E-state index is -0.433. The summed E-state index contributed by atoms with van der Waals surface area (Å²) < 4.78 is 6.29. The molecule has 0 saturated carbocycles. The van der Waals surface area contributed by atoms with Gasteiger partial charge >= 0.3 is 0 Å². The number of hydrogen-bond donors (Lipinski definition) is 2. The van der Waals surface area contributed by atoms with Gasteiger partial charge in [0.2, 0.25) is 5.91 Å². The van der Waals surface area contributed by atoms with Gasteiger partial charge in [0.25, 0.3) is 5.91 Å². The van der Waals surface area contributed by atoms with Crippen molar-refractivity contribution in [3.8, 4) is 5.75 Å². The number of hydrogen-bond acceptors (Lipinski definition) is 3. The van der Waals surface area contributed by atoms with Crippen molar-refractivity contribution in [2.45, 2.75) is 71.3 Å². The Labute approximate surface area is 226 Å². The Morgan fingerprint density at radius 2 is 1.87 bits per heavy atom. The summed E-state index contributed by atoms with van der Waals surface area (Å²) in [4.78, 5) is 32.4. The quantitative estimate of drug-likeness (QED) is 0.442. The highest BCUT2D eigenvalue weighted by Crippen LogP contribution is 2.38. The van der Waals surface area contributed by atoms with E-state index < -0.39 is 5.41 Å². The molecular formula is C32H41N3O3. The third-order valence-electron chi connectivity index (χ3n) is 8.39. The highest BCUT2D eigenvalue weighted by atomic mass is 16.5. The van der Waals surface area contributed by atoms with Gasteiger partial charge in [-0.25, -0.2) is 0 Å². The molecule has 1 aromatic heterocycles. The SMILES string of the molecule is CC(C)C[C@H]1COc2ccccc2CCCCCC2(CCN(C(=O)c3ccc4[nH]ccc4c3)CC2)C(=O)N1. The average molecular weight is 516 g/mol. The molecule has 6 nitrogen and oxygen atoms in total. The van der Waals surface area contributed by atoms with Gasteiger partial charge in [0, 0.05) is 35.8 Å². The first kappa shape index (κ1) is 26.3. The average Bonchev–Trinajstić information content (AvgIpc) is 3.39. The monoisotopic (exact) mass is 515 g/mol. The maximum Gasteiger partial charge on any atom is 0.253 e. The van der Waals surface area contributed by atoms with E-state index in [4.69, 9.17) is 4.74 Å². The predicted molar refractivity (Wildman–Crippen MR) is 151 cm³/mol. The van der Waals surface area contributed by atoms with E-state index in [-0.39, 0.29) is 17.9 Å². The number of para-hydroxylation sites is 1. The lowest BCUT2D eigenvalue weighted by Crippen LogP contribution is -2.53. The van der Waals surface area contributed by atoms with Gasteiger partial charge in [-0.1, -0.05) is 44.9 Å². The second kappa shape index (κ2) is 11.6. The lowest BCUT2D eigenvalue weighted by molar-refractivity contribution is -0.135. The zero-order valence-electron chi connectivity index (χ0n) is 22.8. The Morgan fingerprint density at radius 1 is 1.05 bits per heavy atom. The van der Waals surface area contributed by atoms with Gasteiger partial charge in [-0.15, -0.1) is 0 Å². The molecule has 0 aliphatic carbocycles. The summed E-state index contributed by atoms with van der Waals surface area (Å²) in [7, 11) is 0. The lowest BCUT2D eigenvalue weighted by Gasteiger charge is -2.41. The van der Waals surface area contributed by atoms with Crippen molar-refractivity contribution in [2.75, 3.05) is 19.7 Å². The van der Waals surface area contributed by atoms with Gasteiger partial charge in [0.1, 0.15) is 12.4 Å². The third-order valence-corrected chi connectivity index (χ3v) is 8.39. The summed E-state index contributed by atoms with van der Waals surface area (Å²) in [6, 6.07) is 16.1. The highest BCUT2D eigenvalue weighted by molar-refractivity contribution is 5.98. The Hall–Kier alpha value is -3.28. The number of carbonyl (C=O) groups excluding carboxylic acids is 2. The molecule has 0 unspecified atom stereocenters. The van der Waals surface area contributed by atoms with Crippen LogP contribution in [0.3, 0.4) is 0 Å². The number of aromatic amines is 1. The fourth-order valence-corrected chi connectivity index (χ4v) is 6.17. The molecule has 202 valence electrons. The van der Waals surface area contributed by atoms with Crippen molar-refractivity contribution < 1.29 is 14.3 Å². The standard InChI is InChI=1S/C32H41N3O3/c1-23(2)20-27-22-38-29-10-6-5-9-24(29)8-4-3-7-14-32(31(37)34-27)15-18-35(19-16-32)30(36)26-11-12-28-25(21-26)13-17-33-28/h5-6,9-13,17,21,23,27,33H,3-4,7-8,14-16,18-20,22H2,1-2H3,(H,34,37)/t27-/m0/s1. The summed E-state index contributed by atoms with van der Waals surface area (Å²) in [5.74, 6) is 1.58. The summed E-state index contributed by atoms with van der Waals surface area (Å²) in [5.41, 5.74) is 2.56. The zero-order chi connectivity index (χ0) is 26.5. The largest absolute Gasteiger partial charge is 0.491 e. The number of ether oxygens (including phenoxy) is 1. The number of nitrogens with one attached hydrogen (secondary N) is 2. The van der Waals surface area contributed by atoms with Crippen molar-refractivity contribution in [1.82, 2.24) is 15.2 Å². The first-order valence-corrected chi connectivity index (χ1v) is 14.3. The van der Waals surface area contributed by atoms with Crippen LogP contribution < -0.4 is 10.1 Å². The molecule has 0 bridgehead atoms. The van der Waals surface area contributed by atoms with Gasteiger partial charge in [-0.3, -0.25) is 9.59 Å². The van der Waals surface area contributed by atoms with Crippen LogP contribution in [-0.4, -0.2) is 47.4 Å². The van der Waals surface area contributed by atoms with Gasteiger partial charge < -0.3 is 19.9 Å².